The molecule has 0 aromatic heterocycles. The van der Waals surface area contributed by atoms with Crippen molar-refractivity contribution < 1.29 is 17.9 Å². The predicted molar refractivity (Wildman–Crippen MR) is 147 cm³/mol. The van der Waals surface area contributed by atoms with Crippen LogP contribution in [-0.4, -0.2) is 6.61 Å². The molecule has 0 unspecified atom stereocenters. The Labute approximate surface area is 219 Å². The quantitative estimate of drug-likeness (QED) is 0.196. The summed E-state index contributed by atoms with van der Waals surface area (Å²) in [6.07, 6.45) is 12.0. The largest absolute Gasteiger partial charge is 0.491 e. The van der Waals surface area contributed by atoms with E-state index < -0.39 is 11.6 Å². The van der Waals surface area contributed by atoms with E-state index in [-0.39, 0.29) is 23.0 Å². The van der Waals surface area contributed by atoms with Crippen molar-refractivity contribution in [3.63, 3.8) is 0 Å². The minimum atomic E-state index is -0.775. The van der Waals surface area contributed by atoms with E-state index in [9.17, 15) is 8.78 Å². The van der Waals surface area contributed by atoms with E-state index in [1.807, 2.05) is 30.4 Å². The van der Waals surface area contributed by atoms with Crippen LogP contribution in [0.3, 0.4) is 0 Å². The molecule has 37 heavy (non-hydrogen) atoms. The van der Waals surface area contributed by atoms with Crippen LogP contribution < -0.4 is 4.74 Å². The molecule has 0 spiro atoms. The van der Waals surface area contributed by atoms with Gasteiger partial charge in [-0.05, 0) is 65.5 Å². The molecule has 1 nitrogen and oxygen atoms in total. The van der Waals surface area contributed by atoms with E-state index in [1.165, 1.54) is 6.07 Å². The van der Waals surface area contributed by atoms with E-state index in [4.69, 9.17) is 4.74 Å². The first kappa shape index (κ1) is 27.0. The summed E-state index contributed by atoms with van der Waals surface area (Å²) >= 11 is 0. The van der Waals surface area contributed by atoms with Crippen LogP contribution >= 0.6 is 0 Å². The molecule has 4 heteroatoms. The van der Waals surface area contributed by atoms with Gasteiger partial charge in [0.1, 0.15) is 0 Å². The van der Waals surface area contributed by atoms with Crippen molar-refractivity contribution in [3.05, 3.63) is 88.7 Å². The number of rotatable bonds is 10. The maximum absolute atomic E-state index is 15.0. The van der Waals surface area contributed by atoms with Gasteiger partial charge in [0.25, 0.3) is 0 Å². The first-order valence-electron chi connectivity index (χ1n) is 13.6. The lowest BCUT2D eigenvalue weighted by atomic mass is 9.79. The van der Waals surface area contributed by atoms with E-state index >= 15 is 4.39 Å². The van der Waals surface area contributed by atoms with Crippen LogP contribution in [-0.2, 0) is 0 Å². The van der Waals surface area contributed by atoms with Crippen LogP contribution in [0, 0.1) is 23.4 Å². The van der Waals surface area contributed by atoms with Crippen LogP contribution in [0.5, 0.6) is 5.75 Å². The van der Waals surface area contributed by atoms with Gasteiger partial charge in [-0.1, -0.05) is 101 Å². The van der Waals surface area contributed by atoms with Crippen molar-refractivity contribution in [3.8, 4) is 16.9 Å². The lowest BCUT2D eigenvalue weighted by Crippen LogP contribution is -2.13. The molecule has 0 aliphatic heterocycles. The number of halogens is 3. The molecular weight excluding hydrogens is 469 g/mol. The normalized spacial score (nSPS) is 17.9. The Morgan fingerprint density at radius 3 is 2.19 bits per heavy atom. The molecule has 0 heterocycles. The molecule has 0 N–H and O–H groups in total. The second-order valence-corrected chi connectivity index (χ2v) is 10.3. The Kier molecular flexibility index (Phi) is 9.49. The van der Waals surface area contributed by atoms with Gasteiger partial charge >= 0.3 is 0 Å². The topological polar surface area (TPSA) is 9.23 Å². The summed E-state index contributed by atoms with van der Waals surface area (Å²) in [6.45, 7) is 4.89. The molecule has 4 rings (SSSR count). The Bertz CT molecular complexity index is 1190. The van der Waals surface area contributed by atoms with Gasteiger partial charge in [-0.25, -0.2) is 13.2 Å². The maximum Gasteiger partial charge on any atom is 0.166 e. The number of ether oxygens (including phenoxy) is 1. The molecule has 1 fully saturated rings. The molecule has 3 aromatic rings. The first-order chi connectivity index (χ1) is 18.0. The zero-order valence-corrected chi connectivity index (χ0v) is 21.9. The number of unbranched alkanes of at least 4 members (excludes halogenated alkanes) is 3. The highest BCUT2D eigenvalue weighted by atomic mass is 19.2. The summed E-state index contributed by atoms with van der Waals surface area (Å²) in [7, 11) is 0. The Morgan fingerprint density at radius 1 is 0.784 bits per heavy atom. The summed E-state index contributed by atoms with van der Waals surface area (Å²) in [5.74, 6) is -0.830. The van der Waals surface area contributed by atoms with Crippen molar-refractivity contribution in [1.82, 2.24) is 0 Å². The van der Waals surface area contributed by atoms with Crippen molar-refractivity contribution in [2.24, 2.45) is 5.92 Å². The Morgan fingerprint density at radius 2 is 1.49 bits per heavy atom. The molecule has 1 aliphatic carbocycles. The fourth-order valence-electron chi connectivity index (χ4n) is 5.09. The fraction of sp³-hybridized carbons (Fsp3) is 0.394. The molecule has 0 radical (unpaired) electrons. The second kappa shape index (κ2) is 13.0. The highest BCUT2D eigenvalue weighted by Gasteiger charge is 2.25. The maximum atomic E-state index is 15.0. The average Bonchev–Trinajstić information content (AvgIpc) is 2.91. The summed E-state index contributed by atoms with van der Waals surface area (Å²) in [5, 5.41) is 0. The fourth-order valence-corrected chi connectivity index (χ4v) is 5.09. The zero-order chi connectivity index (χ0) is 26.2. The standard InChI is InChI=1S/C33H37F3O/c1-3-4-5-6-21-37-31-20-13-25(22-30(31)34)10-9-24-11-16-27(17-12-24)29-19-18-28(32(35)33(29)36)26-14-7-23(2)8-15-26/h9-13,16-20,22-23,26H,3-8,14-15,21H2,1-2H3/b10-9+. The van der Waals surface area contributed by atoms with Gasteiger partial charge in [-0.15, -0.1) is 0 Å². The van der Waals surface area contributed by atoms with E-state index in [2.05, 4.69) is 13.8 Å². The number of benzene rings is 3. The smallest absolute Gasteiger partial charge is 0.166 e. The molecule has 1 saturated carbocycles. The second-order valence-electron chi connectivity index (χ2n) is 10.3. The predicted octanol–water partition coefficient (Wildman–Crippen LogP) is 10.2. The van der Waals surface area contributed by atoms with Crippen LogP contribution in [0.2, 0.25) is 0 Å². The van der Waals surface area contributed by atoms with Crippen LogP contribution in [0.4, 0.5) is 13.2 Å². The zero-order valence-electron chi connectivity index (χ0n) is 21.9. The minimum Gasteiger partial charge on any atom is -0.491 e. The van der Waals surface area contributed by atoms with Gasteiger partial charge in [0.15, 0.2) is 23.2 Å². The van der Waals surface area contributed by atoms with Crippen LogP contribution in [0.1, 0.15) is 87.8 Å². The Balaban J connectivity index is 1.39. The van der Waals surface area contributed by atoms with Gasteiger partial charge in [-0.2, -0.15) is 0 Å². The van der Waals surface area contributed by atoms with Gasteiger partial charge in [0.05, 0.1) is 6.61 Å². The average molecular weight is 507 g/mol. The summed E-state index contributed by atoms with van der Waals surface area (Å²) in [5.41, 5.74) is 3.01. The van der Waals surface area contributed by atoms with Crippen LogP contribution in [0.15, 0.2) is 54.6 Å². The summed E-state index contributed by atoms with van der Waals surface area (Å²) in [6, 6.07) is 15.7. The number of hydrogen-bond acceptors (Lipinski definition) is 1. The van der Waals surface area contributed by atoms with Crippen LogP contribution in [0.25, 0.3) is 23.3 Å². The van der Waals surface area contributed by atoms with E-state index in [0.29, 0.717) is 23.7 Å². The van der Waals surface area contributed by atoms with Crippen molar-refractivity contribution >= 4 is 12.2 Å². The van der Waals surface area contributed by atoms with Crippen molar-refractivity contribution in [2.45, 2.75) is 71.1 Å². The molecule has 0 atom stereocenters. The van der Waals surface area contributed by atoms with Gasteiger partial charge < -0.3 is 4.74 Å². The van der Waals surface area contributed by atoms with E-state index in [1.54, 1.807) is 30.3 Å². The van der Waals surface area contributed by atoms with E-state index in [0.717, 1.165) is 62.5 Å². The van der Waals surface area contributed by atoms with Crippen molar-refractivity contribution in [2.75, 3.05) is 6.61 Å². The lowest BCUT2D eigenvalue weighted by molar-refractivity contribution is 0.290. The molecule has 1 aliphatic rings. The third kappa shape index (κ3) is 7.06. The molecular formula is C33H37F3O. The summed E-state index contributed by atoms with van der Waals surface area (Å²) in [4.78, 5) is 0. The van der Waals surface area contributed by atoms with Gasteiger partial charge in [0, 0.05) is 5.56 Å². The third-order valence-corrected chi connectivity index (χ3v) is 7.47. The summed E-state index contributed by atoms with van der Waals surface area (Å²) < 4.78 is 50.0. The highest BCUT2D eigenvalue weighted by molar-refractivity contribution is 5.72. The van der Waals surface area contributed by atoms with Gasteiger partial charge in [-0.3, -0.25) is 0 Å². The molecule has 0 bridgehead atoms. The monoisotopic (exact) mass is 506 g/mol. The molecule has 0 amide bonds. The number of hydrogen-bond donors (Lipinski definition) is 0. The highest BCUT2D eigenvalue weighted by Crippen LogP contribution is 2.38. The lowest BCUT2D eigenvalue weighted by Gasteiger charge is -2.27. The molecule has 0 saturated heterocycles. The first-order valence-corrected chi connectivity index (χ1v) is 13.6. The van der Waals surface area contributed by atoms with Crippen molar-refractivity contribution in [1.29, 1.82) is 0 Å². The molecule has 196 valence electrons. The SMILES string of the molecule is CCCCCCOc1ccc(/C=C/c2ccc(-c3ccc(C4CCC(C)CC4)c(F)c3F)cc2)cc1F. The van der Waals surface area contributed by atoms with Gasteiger partial charge in [0.2, 0.25) is 0 Å². The Hall–Kier alpha value is -3.01. The molecule has 3 aromatic carbocycles. The minimum absolute atomic E-state index is 0.100. The third-order valence-electron chi connectivity index (χ3n) is 7.47.